The van der Waals surface area contributed by atoms with E-state index in [0.29, 0.717) is 24.2 Å². The molecule has 0 saturated heterocycles. The number of H-pyrrole nitrogens is 1. The molecule has 0 bridgehead atoms. The minimum absolute atomic E-state index is 0.0324. The van der Waals surface area contributed by atoms with Crippen molar-refractivity contribution >= 4 is 11.7 Å². The Morgan fingerprint density at radius 3 is 3.00 bits per heavy atom. The lowest BCUT2D eigenvalue weighted by molar-refractivity contribution is -0.117. The Bertz CT molecular complexity index is 754. The average Bonchev–Trinajstić information content (AvgIpc) is 3.14. The third-order valence-electron chi connectivity index (χ3n) is 4.40. The van der Waals surface area contributed by atoms with Gasteiger partial charge in [-0.2, -0.15) is 5.10 Å². The van der Waals surface area contributed by atoms with Crippen LogP contribution in [0.25, 0.3) is 11.1 Å². The van der Waals surface area contributed by atoms with Crippen LogP contribution in [0.3, 0.4) is 0 Å². The number of carbonyl (C=O) groups excluding carboxylic acids is 1. The molecule has 1 aliphatic carbocycles. The second-order valence-corrected chi connectivity index (χ2v) is 6.07. The van der Waals surface area contributed by atoms with Crippen LogP contribution in [0.2, 0.25) is 0 Å². The predicted molar refractivity (Wildman–Crippen MR) is 89.0 cm³/mol. The number of aromatic nitrogens is 2. The maximum absolute atomic E-state index is 12.3. The molecule has 2 aliphatic rings. The van der Waals surface area contributed by atoms with E-state index in [4.69, 9.17) is 9.47 Å². The average molecular weight is 328 g/mol. The topological polar surface area (TPSA) is 79.5 Å². The Balaban J connectivity index is 1.49. The van der Waals surface area contributed by atoms with Crippen LogP contribution in [0.5, 0.6) is 11.5 Å². The van der Waals surface area contributed by atoms with Crippen LogP contribution in [0.1, 0.15) is 19.8 Å². The number of ether oxygens (including phenoxy) is 2. The fourth-order valence-electron chi connectivity index (χ4n) is 2.97. The van der Waals surface area contributed by atoms with Gasteiger partial charge in [-0.1, -0.05) is 13.0 Å². The van der Waals surface area contributed by atoms with Crippen molar-refractivity contribution in [1.82, 2.24) is 15.1 Å². The number of amides is 1. The standard InChI is InChI=1S/C17H20N4O3/c1-2-21(12-4-5-12)9-16(22)19-17-13(8-18-20-17)11-3-6-14-15(7-11)24-10-23-14/h3,6-8,12H,2,4-5,9-10H2,1H3,(H2,18,19,20,22). The van der Waals surface area contributed by atoms with E-state index >= 15 is 0 Å². The van der Waals surface area contributed by atoms with E-state index in [2.05, 4.69) is 27.3 Å². The molecule has 1 aromatic carbocycles. The lowest BCUT2D eigenvalue weighted by Gasteiger charge is -2.18. The zero-order valence-electron chi connectivity index (χ0n) is 13.5. The number of hydrogen-bond acceptors (Lipinski definition) is 5. The Hall–Kier alpha value is -2.54. The van der Waals surface area contributed by atoms with Crippen molar-refractivity contribution in [3.8, 4) is 22.6 Å². The zero-order valence-corrected chi connectivity index (χ0v) is 13.5. The van der Waals surface area contributed by atoms with Gasteiger partial charge in [-0.05, 0) is 37.1 Å². The van der Waals surface area contributed by atoms with Crippen molar-refractivity contribution in [3.63, 3.8) is 0 Å². The lowest BCUT2D eigenvalue weighted by Crippen LogP contribution is -2.34. The van der Waals surface area contributed by atoms with Gasteiger partial charge in [0, 0.05) is 11.6 Å². The molecule has 126 valence electrons. The number of fused-ring (bicyclic) bond motifs is 1. The number of likely N-dealkylation sites (N-methyl/N-ethyl adjacent to an activating group) is 1. The molecule has 1 aliphatic heterocycles. The summed E-state index contributed by atoms with van der Waals surface area (Å²) >= 11 is 0. The van der Waals surface area contributed by atoms with Gasteiger partial charge in [0.1, 0.15) is 5.82 Å². The summed E-state index contributed by atoms with van der Waals surface area (Å²) in [5, 5.41) is 9.87. The molecule has 1 amide bonds. The Labute approximate surface area is 139 Å². The number of hydrogen-bond donors (Lipinski definition) is 2. The van der Waals surface area contributed by atoms with Gasteiger partial charge in [0.25, 0.3) is 0 Å². The van der Waals surface area contributed by atoms with Crippen LogP contribution in [0.4, 0.5) is 5.82 Å². The van der Waals surface area contributed by atoms with Gasteiger partial charge in [0.2, 0.25) is 12.7 Å². The highest BCUT2D eigenvalue weighted by Crippen LogP contribution is 2.37. The molecule has 7 nitrogen and oxygen atoms in total. The number of benzene rings is 1. The monoisotopic (exact) mass is 328 g/mol. The van der Waals surface area contributed by atoms with Crippen LogP contribution in [-0.2, 0) is 4.79 Å². The van der Waals surface area contributed by atoms with Gasteiger partial charge >= 0.3 is 0 Å². The van der Waals surface area contributed by atoms with E-state index < -0.39 is 0 Å². The minimum Gasteiger partial charge on any atom is -0.454 e. The summed E-state index contributed by atoms with van der Waals surface area (Å²) in [6.45, 7) is 3.61. The van der Waals surface area contributed by atoms with Crippen LogP contribution in [0.15, 0.2) is 24.4 Å². The molecule has 0 radical (unpaired) electrons. The molecule has 4 rings (SSSR count). The molecule has 2 N–H and O–H groups in total. The Kier molecular flexibility index (Phi) is 3.86. The highest BCUT2D eigenvalue weighted by Gasteiger charge is 2.29. The summed E-state index contributed by atoms with van der Waals surface area (Å²) in [7, 11) is 0. The third kappa shape index (κ3) is 2.94. The highest BCUT2D eigenvalue weighted by atomic mass is 16.7. The number of aromatic amines is 1. The lowest BCUT2D eigenvalue weighted by atomic mass is 10.1. The minimum atomic E-state index is -0.0324. The van der Waals surface area contributed by atoms with Crippen molar-refractivity contribution < 1.29 is 14.3 Å². The van der Waals surface area contributed by atoms with Crippen LogP contribution < -0.4 is 14.8 Å². The van der Waals surface area contributed by atoms with Gasteiger partial charge in [-0.25, -0.2) is 0 Å². The van der Waals surface area contributed by atoms with Gasteiger partial charge in [-0.3, -0.25) is 14.8 Å². The van der Waals surface area contributed by atoms with Gasteiger partial charge < -0.3 is 14.8 Å². The number of carbonyl (C=O) groups is 1. The molecular formula is C17H20N4O3. The first-order valence-electron chi connectivity index (χ1n) is 8.22. The van der Waals surface area contributed by atoms with Crippen molar-refractivity contribution in [2.24, 2.45) is 0 Å². The normalized spacial score (nSPS) is 15.8. The van der Waals surface area contributed by atoms with E-state index in [1.165, 1.54) is 12.8 Å². The van der Waals surface area contributed by atoms with Crippen LogP contribution in [0, 0.1) is 0 Å². The molecule has 0 unspecified atom stereocenters. The summed E-state index contributed by atoms with van der Waals surface area (Å²) in [6, 6.07) is 6.25. The largest absolute Gasteiger partial charge is 0.454 e. The smallest absolute Gasteiger partial charge is 0.239 e. The first kappa shape index (κ1) is 15.0. The molecule has 1 saturated carbocycles. The molecule has 1 fully saturated rings. The van der Waals surface area contributed by atoms with E-state index in [1.807, 2.05) is 18.2 Å². The van der Waals surface area contributed by atoms with Crippen molar-refractivity contribution in [2.75, 3.05) is 25.2 Å². The number of nitrogens with one attached hydrogen (secondary N) is 2. The fourth-order valence-corrected chi connectivity index (χ4v) is 2.97. The van der Waals surface area contributed by atoms with Gasteiger partial charge in [0.05, 0.1) is 12.7 Å². The van der Waals surface area contributed by atoms with Crippen LogP contribution in [-0.4, -0.2) is 46.9 Å². The molecular weight excluding hydrogens is 308 g/mol. The van der Waals surface area contributed by atoms with Crippen molar-refractivity contribution in [3.05, 3.63) is 24.4 Å². The number of anilines is 1. The molecule has 0 atom stereocenters. The Morgan fingerprint density at radius 1 is 1.38 bits per heavy atom. The highest BCUT2D eigenvalue weighted by molar-refractivity contribution is 5.95. The van der Waals surface area contributed by atoms with E-state index in [9.17, 15) is 4.79 Å². The first-order valence-corrected chi connectivity index (χ1v) is 8.22. The molecule has 1 aromatic heterocycles. The summed E-state index contributed by atoms with van der Waals surface area (Å²) in [5.41, 5.74) is 1.74. The van der Waals surface area contributed by atoms with Gasteiger partial charge in [0.15, 0.2) is 11.5 Å². The predicted octanol–water partition coefficient (Wildman–Crippen LogP) is 2.23. The van der Waals surface area contributed by atoms with E-state index in [-0.39, 0.29) is 12.7 Å². The van der Waals surface area contributed by atoms with Crippen molar-refractivity contribution in [1.29, 1.82) is 0 Å². The maximum atomic E-state index is 12.3. The van der Waals surface area contributed by atoms with Crippen molar-refractivity contribution in [2.45, 2.75) is 25.8 Å². The SMILES string of the molecule is CCN(CC(=O)Nc1[nH]ncc1-c1ccc2c(c1)OCO2)C1CC1. The number of nitrogens with zero attached hydrogens (tertiary/aromatic N) is 2. The second kappa shape index (κ2) is 6.16. The molecule has 7 heteroatoms. The fraction of sp³-hybridized carbons (Fsp3) is 0.412. The maximum Gasteiger partial charge on any atom is 0.239 e. The summed E-state index contributed by atoms with van der Waals surface area (Å²) in [6.07, 6.45) is 4.08. The summed E-state index contributed by atoms with van der Waals surface area (Å²) < 4.78 is 10.7. The third-order valence-corrected chi connectivity index (χ3v) is 4.40. The number of rotatable bonds is 6. The quantitative estimate of drug-likeness (QED) is 0.850. The zero-order chi connectivity index (χ0) is 16.5. The Morgan fingerprint density at radius 2 is 2.21 bits per heavy atom. The summed E-state index contributed by atoms with van der Waals surface area (Å²) in [5.74, 6) is 2.01. The molecule has 2 aromatic rings. The molecule has 0 spiro atoms. The van der Waals surface area contributed by atoms with E-state index in [1.54, 1.807) is 6.20 Å². The molecule has 2 heterocycles. The summed E-state index contributed by atoms with van der Waals surface area (Å²) in [4.78, 5) is 14.5. The van der Waals surface area contributed by atoms with Gasteiger partial charge in [-0.15, -0.1) is 0 Å². The second-order valence-electron chi connectivity index (χ2n) is 6.07. The van der Waals surface area contributed by atoms with E-state index in [0.717, 1.165) is 23.4 Å². The molecule has 24 heavy (non-hydrogen) atoms. The first-order chi connectivity index (χ1) is 11.7. The van der Waals surface area contributed by atoms with Crippen LogP contribution >= 0.6 is 0 Å².